The van der Waals surface area contributed by atoms with E-state index in [2.05, 4.69) is 23.6 Å². The molecule has 0 saturated carbocycles. The fourth-order valence-electron chi connectivity index (χ4n) is 3.52. The normalized spacial score (nSPS) is 27.7. The second kappa shape index (κ2) is 4.99. The molecule has 0 N–H and O–H groups in total. The van der Waals surface area contributed by atoms with E-state index < -0.39 is 5.60 Å². The van der Waals surface area contributed by atoms with E-state index in [1.165, 1.54) is 0 Å². The lowest BCUT2D eigenvalue weighted by atomic mass is 9.84. The van der Waals surface area contributed by atoms with Crippen LogP contribution >= 0.6 is 0 Å². The van der Waals surface area contributed by atoms with E-state index in [-0.39, 0.29) is 11.5 Å². The van der Waals surface area contributed by atoms with Crippen LogP contribution in [0, 0.1) is 0 Å². The number of hydrogen-bond acceptors (Lipinski definition) is 3. The minimum absolute atomic E-state index is 0.150. The van der Waals surface area contributed by atoms with Gasteiger partial charge in [0.1, 0.15) is 5.60 Å². The van der Waals surface area contributed by atoms with Crippen molar-refractivity contribution in [3.05, 3.63) is 0 Å². The third-order valence-electron chi connectivity index (χ3n) is 4.26. The lowest BCUT2D eigenvalue weighted by Crippen LogP contribution is -2.73. The first-order valence-corrected chi connectivity index (χ1v) is 7.78. The molecule has 0 aliphatic carbocycles. The molecule has 0 spiro atoms. The molecule has 3 aliphatic rings. The average Bonchev–Trinajstić information content (AvgIpc) is 2.25. The lowest BCUT2D eigenvalue weighted by Gasteiger charge is -2.58. The standard InChI is InChI=1S/C16H30N2O2/c1-11(2)17-9-12-8-13(10-17)18(12)14(19)16(6,7)20-15(3,4)5/h11-13H,8-10H2,1-7H3. The van der Waals surface area contributed by atoms with Gasteiger partial charge in [-0.1, -0.05) is 0 Å². The van der Waals surface area contributed by atoms with Gasteiger partial charge in [-0.15, -0.1) is 0 Å². The highest BCUT2D eigenvalue weighted by molar-refractivity contribution is 5.86. The van der Waals surface area contributed by atoms with E-state index in [1.807, 2.05) is 34.6 Å². The van der Waals surface area contributed by atoms with Gasteiger partial charge in [0.05, 0.1) is 5.60 Å². The Hall–Kier alpha value is -0.610. The van der Waals surface area contributed by atoms with Crippen molar-refractivity contribution < 1.29 is 9.53 Å². The van der Waals surface area contributed by atoms with Crippen molar-refractivity contribution in [1.82, 2.24) is 9.80 Å². The maximum Gasteiger partial charge on any atom is 0.254 e. The molecule has 0 aromatic rings. The topological polar surface area (TPSA) is 32.8 Å². The molecule has 3 saturated heterocycles. The second-order valence-corrected chi connectivity index (χ2v) is 8.03. The zero-order chi connectivity index (χ0) is 15.3. The van der Waals surface area contributed by atoms with Gasteiger partial charge in [0.15, 0.2) is 0 Å². The third kappa shape index (κ3) is 3.01. The predicted octanol–water partition coefficient (Wildman–Crippen LogP) is 2.27. The summed E-state index contributed by atoms with van der Waals surface area (Å²) in [6.07, 6.45) is 1.15. The molecule has 116 valence electrons. The summed E-state index contributed by atoms with van der Waals surface area (Å²) in [5.41, 5.74) is -1.04. The summed E-state index contributed by atoms with van der Waals surface area (Å²) in [6.45, 7) is 16.3. The van der Waals surface area contributed by atoms with Crippen LogP contribution in [0.25, 0.3) is 0 Å². The first kappa shape index (κ1) is 15.8. The summed E-state index contributed by atoms with van der Waals surface area (Å²) in [6, 6.07) is 1.33. The highest BCUT2D eigenvalue weighted by Crippen LogP contribution is 2.36. The number of nitrogens with zero attached hydrogens (tertiary/aromatic N) is 2. The number of piperazine rings is 1. The van der Waals surface area contributed by atoms with Crippen molar-refractivity contribution in [1.29, 1.82) is 0 Å². The average molecular weight is 282 g/mol. The Morgan fingerprint density at radius 1 is 1.10 bits per heavy atom. The third-order valence-corrected chi connectivity index (χ3v) is 4.26. The monoisotopic (exact) mass is 282 g/mol. The molecule has 4 nitrogen and oxygen atoms in total. The second-order valence-electron chi connectivity index (χ2n) is 8.03. The van der Waals surface area contributed by atoms with Crippen molar-refractivity contribution >= 4 is 5.91 Å². The number of amides is 1. The summed E-state index contributed by atoms with van der Waals surface area (Å²) in [5, 5.41) is 0. The molecular weight excluding hydrogens is 252 g/mol. The number of ether oxygens (including phenoxy) is 1. The molecule has 3 heterocycles. The molecule has 2 atom stereocenters. The van der Waals surface area contributed by atoms with Gasteiger partial charge in [0, 0.05) is 31.2 Å². The smallest absolute Gasteiger partial charge is 0.254 e. The Balaban J connectivity index is 2.02. The van der Waals surface area contributed by atoms with Crippen LogP contribution in [0.1, 0.15) is 54.9 Å². The van der Waals surface area contributed by atoms with Crippen LogP contribution in [0.3, 0.4) is 0 Å². The molecular formula is C16H30N2O2. The first-order chi connectivity index (χ1) is 9.01. The largest absolute Gasteiger partial charge is 0.360 e. The lowest BCUT2D eigenvalue weighted by molar-refractivity contribution is -0.190. The van der Waals surface area contributed by atoms with Crippen molar-refractivity contribution in [3.63, 3.8) is 0 Å². The van der Waals surface area contributed by atoms with Gasteiger partial charge in [0.2, 0.25) is 0 Å². The SMILES string of the molecule is CC(C)N1CC2CC(C1)N2C(=O)C(C)(C)OC(C)(C)C. The summed E-state index contributed by atoms with van der Waals surface area (Å²) in [7, 11) is 0. The van der Waals surface area contributed by atoms with Crippen molar-refractivity contribution in [2.24, 2.45) is 0 Å². The van der Waals surface area contributed by atoms with Crippen molar-refractivity contribution in [2.45, 2.75) is 84.2 Å². The zero-order valence-electron chi connectivity index (χ0n) is 14.1. The van der Waals surface area contributed by atoms with Crippen LogP contribution in [-0.4, -0.2) is 58.1 Å². The number of piperidine rings is 1. The molecule has 2 bridgehead atoms. The van der Waals surface area contributed by atoms with Crippen LogP contribution in [0.15, 0.2) is 0 Å². The van der Waals surface area contributed by atoms with Crippen LogP contribution in [-0.2, 0) is 9.53 Å². The summed E-state index contributed by atoms with van der Waals surface area (Å²) < 4.78 is 5.98. The van der Waals surface area contributed by atoms with Crippen LogP contribution in [0.4, 0.5) is 0 Å². The Morgan fingerprint density at radius 2 is 1.60 bits per heavy atom. The highest BCUT2D eigenvalue weighted by Gasteiger charge is 2.51. The van der Waals surface area contributed by atoms with Crippen molar-refractivity contribution in [3.8, 4) is 0 Å². The van der Waals surface area contributed by atoms with E-state index in [0.717, 1.165) is 19.5 Å². The highest BCUT2D eigenvalue weighted by atomic mass is 16.5. The van der Waals surface area contributed by atoms with E-state index in [9.17, 15) is 4.79 Å². The summed E-state index contributed by atoms with van der Waals surface area (Å²) in [5.74, 6) is 0.150. The molecule has 0 aromatic heterocycles. The molecule has 3 aliphatic heterocycles. The molecule has 0 aromatic carbocycles. The van der Waals surface area contributed by atoms with Gasteiger partial charge in [-0.25, -0.2) is 0 Å². The van der Waals surface area contributed by atoms with Gasteiger partial charge in [-0.3, -0.25) is 9.69 Å². The van der Waals surface area contributed by atoms with E-state index >= 15 is 0 Å². The van der Waals surface area contributed by atoms with Gasteiger partial charge >= 0.3 is 0 Å². The maximum absolute atomic E-state index is 12.8. The molecule has 4 heteroatoms. The Bertz CT molecular complexity index is 372. The van der Waals surface area contributed by atoms with E-state index in [4.69, 9.17) is 4.74 Å². The minimum atomic E-state index is -0.741. The first-order valence-electron chi connectivity index (χ1n) is 7.78. The van der Waals surface area contributed by atoms with E-state index in [1.54, 1.807) is 0 Å². The number of rotatable bonds is 3. The number of carbonyl (C=O) groups is 1. The summed E-state index contributed by atoms with van der Waals surface area (Å²) >= 11 is 0. The molecule has 0 radical (unpaired) electrons. The molecule has 20 heavy (non-hydrogen) atoms. The summed E-state index contributed by atoms with van der Waals surface area (Å²) in [4.78, 5) is 17.3. The van der Waals surface area contributed by atoms with Crippen molar-refractivity contribution in [2.75, 3.05) is 13.1 Å². The van der Waals surface area contributed by atoms with Gasteiger partial charge in [-0.05, 0) is 54.9 Å². The van der Waals surface area contributed by atoms with Gasteiger partial charge in [0.25, 0.3) is 5.91 Å². The molecule has 3 fully saturated rings. The molecule has 3 rings (SSSR count). The fraction of sp³-hybridized carbons (Fsp3) is 0.938. The molecule has 1 amide bonds. The van der Waals surface area contributed by atoms with Gasteiger partial charge in [-0.2, -0.15) is 0 Å². The predicted molar refractivity (Wildman–Crippen MR) is 80.7 cm³/mol. The van der Waals surface area contributed by atoms with Crippen LogP contribution < -0.4 is 0 Å². The number of fused-ring (bicyclic) bond motifs is 2. The Kier molecular flexibility index (Phi) is 3.93. The zero-order valence-corrected chi connectivity index (χ0v) is 14.1. The van der Waals surface area contributed by atoms with Crippen LogP contribution in [0.5, 0.6) is 0 Å². The maximum atomic E-state index is 12.8. The molecule has 2 unspecified atom stereocenters. The van der Waals surface area contributed by atoms with Crippen LogP contribution in [0.2, 0.25) is 0 Å². The Labute approximate surface area is 123 Å². The van der Waals surface area contributed by atoms with E-state index in [0.29, 0.717) is 18.1 Å². The number of carbonyl (C=O) groups excluding carboxylic acids is 1. The fourth-order valence-corrected chi connectivity index (χ4v) is 3.52. The quantitative estimate of drug-likeness (QED) is 0.796. The van der Waals surface area contributed by atoms with Gasteiger partial charge < -0.3 is 9.64 Å². The number of hydrogen-bond donors (Lipinski definition) is 0. The Morgan fingerprint density at radius 3 is 2.00 bits per heavy atom. The minimum Gasteiger partial charge on any atom is -0.360 e.